The summed E-state index contributed by atoms with van der Waals surface area (Å²) in [5.74, 6) is -4.25. The third-order valence-electron chi connectivity index (χ3n) is 7.69. The van der Waals surface area contributed by atoms with Crippen LogP contribution in [0.3, 0.4) is 0 Å². The molecular formula is C34H64ClN5O9. The van der Waals surface area contributed by atoms with E-state index in [1.165, 1.54) is 6.92 Å². The largest absolute Gasteiger partial charge is 0.481 e. The number of amides is 5. The van der Waals surface area contributed by atoms with Crippen LogP contribution in [0.5, 0.6) is 0 Å². The Bertz CT molecular complexity index is 1070. The maximum atomic E-state index is 13.5. The summed E-state index contributed by atoms with van der Waals surface area (Å²) in [4.78, 5) is 75.9. The molecule has 0 aromatic heterocycles. The average molecular weight is 722 g/mol. The second kappa shape index (κ2) is 23.4. The molecule has 0 fully saturated rings. The van der Waals surface area contributed by atoms with E-state index >= 15 is 0 Å². The highest BCUT2D eigenvalue weighted by Crippen LogP contribution is 2.15. The molecule has 14 nitrogen and oxygen atoms in total. The van der Waals surface area contributed by atoms with E-state index in [9.17, 15) is 39.0 Å². The van der Waals surface area contributed by atoms with Gasteiger partial charge >= 0.3 is 5.97 Å². The van der Waals surface area contributed by atoms with E-state index in [0.29, 0.717) is 12.8 Å². The molecule has 0 aromatic rings. The molecule has 0 bridgehead atoms. The van der Waals surface area contributed by atoms with Crippen LogP contribution in [0.15, 0.2) is 0 Å². The Balaban J connectivity index is 0. The maximum Gasteiger partial charge on any atom is 0.306 e. The fourth-order valence-corrected chi connectivity index (χ4v) is 5.16. The SMILES string of the molecule is CC(C)CC(=O)N[C@H](C(=O)N[C@H](C(=O)N[C@@H](CC(C)C)[C@@H](O)CC(=O)N[C@@H](C)C(=O)N[C@@H](CC(C)C)[C@@H](O)CC(=O)O)C(C)C)C(C)C.Cl. The van der Waals surface area contributed by atoms with Crippen LogP contribution in [-0.4, -0.2) is 93.2 Å². The number of aliphatic hydroxyl groups is 2. The van der Waals surface area contributed by atoms with Crippen LogP contribution >= 0.6 is 12.4 Å². The quantitative estimate of drug-likeness (QED) is 0.0816. The summed E-state index contributed by atoms with van der Waals surface area (Å²) in [7, 11) is 0. The molecule has 0 saturated carbocycles. The molecule has 49 heavy (non-hydrogen) atoms. The summed E-state index contributed by atoms with van der Waals surface area (Å²) < 4.78 is 0. The van der Waals surface area contributed by atoms with Crippen molar-refractivity contribution in [2.45, 2.75) is 151 Å². The van der Waals surface area contributed by atoms with Gasteiger partial charge < -0.3 is 41.9 Å². The number of carboxylic acid groups (broad SMARTS) is 1. The number of aliphatic hydroxyl groups excluding tert-OH is 2. The first-order valence-electron chi connectivity index (χ1n) is 17.1. The van der Waals surface area contributed by atoms with E-state index in [0.717, 1.165) is 0 Å². The van der Waals surface area contributed by atoms with E-state index in [1.54, 1.807) is 27.7 Å². The van der Waals surface area contributed by atoms with Crippen molar-refractivity contribution in [1.82, 2.24) is 26.6 Å². The zero-order valence-corrected chi connectivity index (χ0v) is 32.0. The molecule has 15 heteroatoms. The van der Waals surface area contributed by atoms with Gasteiger partial charge in [0.1, 0.15) is 18.1 Å². The number of aliphatic carboxylic acids is 1. The highest BCUT2D eigenvalue weighted by atomic mass is 35.5. The molecule has 8 N–H and O–H groups in total. The monoisotopic (exact) mass is 721 g/mol. The summed E-state index contributed by atoms with van der Waals surface area (Å²) in [6.45, 7) is 19.8. The molecule has 0 heterocycles. The molecule has 5 amide bonds. The molecule has 0 saturated heterocycles. The molecule has 0 unspecified atom stereocenters. The first-order valence-corrected chi connectivity index (χ1v) is 17.1. The van der Waals surface area contributed by atoms with Crippen LogP contribution in [0.2, 0.25) is 0 Å². The molecule has 286 valence electrons. The number of carbonyl (C=O) groups is 6. The second-order valence-electron chi connectivity index (χ2n) is 14.8. The Morgan fingerprint density at radius 2 is 0.878 bits per heavy atom. The van der Waals surface area contributed by atoms with E-state index in [2.05, 4.69) is 26.6 Å². The van der Waals surface area contributed by atoms with Crippen molar-refractivity contribution in [3.63, 3.8) is 0 Å². The minimum absolute atomic E-state index is 0. The van der Waals surface area contributed by atoms with E-state index in [4.69, 9.17) is 5.11 Å². The molecule has 0 spiro atoms. The first-order chi connectivity index (χ1) is 22.0. The highest BCUT2D eigenvalue weighted by Gasteiger charge is 2.34. The Kier molecular flexibility index (Phi) is 23.0. The smallest absolute Gasteiger partial charge is 0.306 e. The summed E-state index contributed by atoms with van der Waals surface area (Å²) in [5, 5.41) is 43.9. The fraction of sp³-hybridized carbons (Fsp3) is 0.824. The average Bonchev–Trinajstić information content (AvgIpc) is 2.91. The van der Waals surface area contributed by atoms with Crippen molar-refractivity contribution < 1.29 is 44.1 Å². The molecule has 0 aromatic carbocycles. The van der Waals surface area contributed by atoms with Crippen LogP contribution in [0.1, 0.15) is 108 Å². The molecule has 0 aliphatic carbocycles. The maximum absolute atomic E-state index is 13.5. The van der Waals surface area contributed by atoms with Gasteiger partial charge in [0.05, 0.1) is 37.1 Å². The summed E-state index contributed by atoms with van der Waals surface area (Å²) in [6, 6.07) is -4.61. The third-order valence-corrected chi connectivity index (χ3v) is 7.69. The van der Waals surface area contributed by atoms with E-state index < -0.39 is 84.9 Å². The van der Waals surface area contributed by atoms with Gasteiger partial charge in [0.15, 0.2) is 0 Å². The summed E-state index contributed by atoms with van der Waals surface area (Å²) in [6.07, 6.45) is -2.76. The summed E-state index contributed by atoms with van der Waals surface area (Å²) in [5.41, 5.74) is 0. The molecule has 0 aliphatic heterocycles. The van der Waals surface area contributed by atoms with Crippen LogP contribution < -0.4 is 26.6 Å². The molecular weight excluding hydrogens is 658 g/mol. The van der Waals surface area contributed by atoms with Crippen molar-refractivity contribution in [3.05, 3.63) is 0 Å². The summed E-state index contributed by atoms with van der Waals surface area (Å²) >= 11 is 0. The van der Waals surface area contributed by atoms with Crippen molar-refractivity contribution in [3.8, 4) is 0 Å². The fourth-order valence-electron chi connectivity index (χ4n) is 5.16. The number of carbonyl (C=O) groups excluding carboxylic acids is 5. The minimum Gasteiger partial charge on any atom is -0.481 e. The van der Waals surface area contributed by atoms with Crippen LogP contribution in [0.4, 0.5) is 0 Å². The van der Waals surface area contributed by atoms with Gasteiger partial charge in [0.2, 0.25) is 29.5 Å². The number of rotatable bonds is 22. The number of nitrogens with one attached hydrogen (secondary N) is 5. The van der Waals surface area contributed by atoms with Gasteiger partial charge in [-0.3, -0.25) is 28.8 Å². The first kappa shape index (κ1) is 48.1. The van der Waals surface area contributed by atoms with Gasteiger partial charge in [-0.1, -0.05) is 69.2 Å². The van der Waals surface area contributed by atoms with Gasteiger partial charge in [-0.25, -0.2) is 0 Å². The lowest BCUT2D eigenvalue weighted by atomic mass is 9.95. The van der Waals surface area contributed by atoms with Gasteiger partial charge in [-0.05, 0) is 49.4 Å². The van der Waals surface area contributed by atoms with E-state index in [1.807, 2.05) is 41.5 Å². The van der Waals surface area contributed by atoms with Crippen molar-refractivity contribution in [2.24, 2.45) is 29.6 Å². The normalized spacial score (nSPS) is 15.8. The zero-order valence-electron chi connectivity index (χ0n) is 31.2. The Hall–Kier alpha value is -2.97. The number of hydrogen-bond donors (Lipinski definition) is 8. The second-order valence-corrected chi connectivity index (χ2v) is 14.8. The van der Waals surface area contributed by atoms with Gasteiger partial charge in [0, 0.05) is 6.42 Å². The van der Waals surface area contributed by atoms with Crippen LogP contribution in [-0.2, 0) is 28.8 Å². The number of hydrogen-bond acceptors (Lipinski definition) is 8. The number of halogens is 1. The standard InChI is InChI=1S/C34H63N5O9.ClH/c1-17(2)12-23(37-33(47)31(21(9)10)39-34(48)30(20(7)8)38-27(42)14-19(5)6)25(40)15-28(43)35-22(11)32(46)36-24(13-18(3)4)26(41)16-29(44)45;/h17-26,30-31,40-41H,12-16H2,1-11H3,(H,35,43)(H,36,46)(H,37,47)(H,38,42)(H,39,48)(H,44,45);1H/t22-,23-,24-,25-,26-,30-,31-;/m0./s1. The Morgan fingerprint density at radius 3 is 1.29 bits per heavy atom. The third kappa shape index (κ3) is 19.7. The number of carboxylic acids is 1. The molecule has 0 rings (SSSR count). The van der Waals surface area contributed by atoms with Crippen molar-refractivity contribution in [2.75, 3.05) is 0 Å². The zero-order chi connectivity index (χ0) is 37.5. The lowest BCUT2D eigenvalue weighted by Gasteiger charge is -2.31. The lowest BCUT2D eigenvalue weighted by Crippen LogP contribution is -2.59. The van der Waals surface area contributed by atoms with Gasteiger partial charge in [-0.2, -0.15) is 0 Å². The van der Waals surface area contributed by atoms with Crippen LogP contribution in [0.25, 0.3) is 0 Å². The molecule has 0 radical (unpaired) electrons. The van der Waals surface area contributed by atoms with Crippen molar-refractivity contribution in [1.29, 1.82) is 0 Å². The topological polar surface area (TPSA) is 223 Å². The van der Waals surface area contributed by atoms with Crippen LogP contribution in [0, 0.1) is 29.6 Å². The molecule has 0 aliphatic rings. The predicted octanol–water partition coefficient (Wildman–Crippen LogP) is 1.89. The van der Waals surface area contributed by atoms with Gasteiger partial charge in [-0.15, -0.1) is 12.4 Å². The van der Waals surface area contributed by atoms with Crippen molar-refractivity contribution >= 4 is 47.9 Å². The van der Waals surface area contributed by atoms with E-state index in [-0.39, 0.29) is 54.3 Å². The molecule has 7 atom stereocenters. The minimum atomic E-state index is -1.33. The predicted molar refractivity (Wildman–Crippen MR) is 189 cm³/mol. The lowest BCUT2D eigenvalue weighted by molar-refractivity contribution is -0.140. The Morgan fingerprint density at radius 1 is 0.490 bits per heavy atom. The highest BCUT2D eigenvalue weighted by molar-refractivity contribution is 5.92. The van der Waals surface area contributed by atoms with Gasteiger partial charge in [0.25, 0.3) is 0 Å². The Labute approximate surface area is 298 Å².